The van der Waals surface area contributed by atoms with Crippen LogP contribution in [0.25, 0.3) is 5.82 Å². The molecule has 132 valence electrons. The van der Waals surface area contributed by atoms with E-state index >= 15 is 0 Å². The molecule has 0 aliphatic carbocycles. The fraction of sp³-hybridized carbons (Fsp3) is 0.118. The molecule has 0 aliphatic heterocycles. The molecule has 0 atom stereocenters. The molecule has 1 aromatic carbocycles. The number of nitro benzene ring substituents is 1. The van der Waals surface area contributed by atoms with E-state index in [9.17, 15) is 14.9 Å². The minimum absolute atomic E-state index is 0.151. The molecule has 3 aromatic rings. The van der Waals surface area contributed by atoms with E-state index in [0.29, 0.717) is 22.8 Å². The first-order chi connectivity index (χ1) is 12.5. The van der Waals surface area contributed by atoms with Crippen molar-refractivity contribution in [2.75, 3.05) is 12.4 Å². The summed E-state index contributed by atoms with van der Waals surface area (Å²) in [7, 11) is 1.42. The van der Waals surface area contributed by atoms with Gasteiger partial charge in [0.05, 0.1) is 35.2 Å². The van der Waals surface area contributed by atoms with Crippen molar-refractivity contribution in [3.05, 3.63) is 70.2 Å². The van der Waals surface area contributed by atoms with Crippen molar-refractivity contribution >= 4 is 17.3 Å². The molecule has 3 rings (SSSR count). The zero-order chi connectivity index (χ0) is 18.7. The largest absolute Gasteiger partial charge is 0.495 e. The summed E-state index contributed by atoms with van der Waals surface area (Å²) in [4.78, 5) is 27.2. The highest BCUT2D eigenvalue weighted by Gasteiger charge is 2.19. The fourth-order valence-electron chi connectivity index (χ4n) is 2.44. The van der Waals surface area contributed by atoms with Crippen LogP contribution in [0, 0.1) is 17.0 Å². The molecule has 9 heteroatoms. The van der Waals surface area contributed by atoms with Gasteiger partial charge >= 0.3 is 0 Å². The topological polar surface area (TPSA) is 112 Å². The third-order valence-corrected chi connectivity index (χ3v) is 3.76. The molecule has 1 N–H and O–H groups in total. The smallest absolute Gasteiger partial charge is 0.271 e. The highest BCUT2D eigenvalue weighted by atomic mass is 16.6. The lowest BCUT2D eigenvalue weighted by Gasteiger charge is -2.10. The molecule has 1 amide bonds. The first-order valence-corrected chi connectivity index (χ1v) is 7.61. The van der Waals surface area contributed by atoms with Crippen molar-refractivity contribution < 1.29 is 14.5 Å². The van der Waals surface area contributed by atoms with E-state index in [1.807, 2.05) is 6.07 Å². The summed E-state index contributed by atoms with van der Waals surface area (Å²) in [6, 6.07) is 9.35. The molecule has 2 heterocycles. The Balaban J connectivity index is 1.91. The number of hydrogen-bond acceptors (Lipinski definition) is 6. The summed E-state index contributed by atoms with van der Waals surface area (Å²) < 4.78 is 6.69. The number of amides is 1. The minimum atomic E-state index is -0.542. The van der Waals surface area contributed by atoms with E-state index in [1.165, 1.54) is 31.5 Å². The van der Waals surface area contributed by atoms with Gasteiger partial charge in [0, 0.05) is 18.3 Å². The Morgan fingerprint density at radius 1 is 1.31 bits per heavy atom. The second kappa shape index (κ2) is 7.01. The van der Waals surface area contributed by atoms with Gasteiger partial charge in [-0.15, -0.1) is 0 Å². The standard InChI is InChI=1S/C17H15N5O4/c1-11-13(10-19-21(11)16-5-3-4-8-18-16)17(23)20-14-9-12(22(24)25)6-7-15(14)26-2/h3-10H,1-2H3,(H,20,23). The van der Waals surface area contributed by atoms with Gasteiger partial charge in [0.25, 0.3) is 11.6 Å². The van der Waals surface area contributed by atoms with Crippen LogP contribution in [0.4, 0.5) is 11.4 Å². The molecule has 0 spiro atoms. The van der Waals surface area contributed by atoms with Gasteiger partial charge < -0.3 is 10.1 Å². The first-order valence-electron chi connectivity index (χ1n) is 7.61. The number of nitrogens with one attached hydrogen (secondary N) is 1. The quantitative estimate of drug-likeness (QED) is 0.557. The lowest BCUT2D eigenvalue weighted by molar-refractivity contribution is -0.384. The molecule has 0 fully saturated rings. The molecular weight excluding hydrogens is 338 g/mol. The maximum absolute atomic E-state index is 12.6. The number of carbonyl (C=O) groups is 1. The van der Waals surface area contributed by atoms with Gasteiger partial charge in [-0.05, 0) is 25.1 Å². The van der Waals surface area contributed by atoms with E-state index in [0.717, 1.165) is 0 Å². The second-order valence-electron chi connectivity index (χ2n) is 5.34. The number of ether oxygens (including phenoxy) is 1. The Bertz CT molecular complexity index is 969. The number of carbonyl (C=O) groups excluding carboxylic acids is 1. The molecular formula is C17H15N5O4. The number of non-ortho nitro benzene ring substituents is 1. The second-order valence-corrected chi connectivity index (χ2v) is 5.34. The molecule has 26 heavy (non-hydrogen) atoms. The van der Waals surface area contributed by atoms with Crippen LogP contribution in [0.3, 0.4) is 0 Å². The average molecular weight is 353 g/mol. The number of pyridine rings is 1. The van der Waals surface area contributed by atoms with Crippen LogP contribution in [0.15, 0.2) is 48.8 Å². The lowest BCUT2D eigenvalue weighted by atomic mass is 10.2. The van der Waals surface area contributed by atoms with Gasteiger partial charge in [-0.25, -0.2) is 9.67 Å². The van der Waals surface area contributed by atoms with Gasteiger partial charge in [-0.2, -0.15) is 5.10 Å². The molecule has 9 nitrogen and oxygen atoms in total. The van der Waals surface area contributed by atoms with Crippen LogP contribution in [0.2, 0.25) is 0 Å². The van der Waals surface area contributed by atoms with Crippen molar-refractivity contribution in [3.8, 4) is 11.6 Å². The number of rotatable bonds is 5. The van der Waals surface area contributed by atoms with Crippen LogP contribution >= 0.6 is 0 Å². The maximum Gasteiger partial charge on any atom is 0.271 e. The number of hydrogen-bond donors (Lipinski definition) is 1. The summed E-state index contributed by atoms with van der Waals surface area (Å²) >= 11 is 0. The molecule has 0 saturated carbocycles. The summed E-state index contributed by atoms with van der Waals surface area (Å²) in [5, 5.41) is 17.8. The highest BCUT2D eigenvalue weighted by molar-refractivity contribution is 6.05. The summed E-state index contributed by atoms with van der Waals surface area (Å²) in [6.45, 7) is 1.74. The van der Waals surface area contributed by atoms with E-state index in [2.05, 4.69) is 15.4 Å². The number of benzene rings is 1. The number of aromatic nitrogens is 3. The maximum atomic E-state index is 12.6. The van der Waals surface area contributed by atoms with Crippen molar-refractivity contribution in [2.24, 2.45) is 0 Å². The predicted molar refractivity (Wildman–Crippen MR) is 93.7 cm³/mol. The van der Waals surface area contributed by atoms with E-state index in [-0.39, 0.29) is 11.4 Å². The minimum Gasteiger partial charge on any atom is -0.495 e. The lowest BCUT2D eigenvalue weighted by Crippen LogP contribution is -2.14. The fourth-order valence-corrected chi connectivity index (χ4v) is 2.44. The van der Waals surface area contributed by atoms with E-state index in [1.54, 1.807) is 29.9 Å². The number of nitro groups is 1. The van der Waals surface area contributed by atoms with E-state index in [4.69, 9.17) is 4.74 Å². The number of nitrogens with zero attached hydrogens (tertiary/aromatic N) is 4. The van der Waals surface area contributed by atoms with Gasteiger partial charge in [0.1, 0.15) is 5.75 Å². The van der Waals surface area contributed by atoms with Crippen molar-refractivity contribution in [3.63, 3.8) is 0 Å². The molecule has 0 saturated heterocycles. The summed E-state index contributed by atoms with van der Waals surface area (Å²) in [6.07, 6.45) is 3.05. The Labute approximate surface area is 148 Å². The Morgan fingerprint density at radius 2 is 2.12 bits per heavy atom. The Hall–Kier alpha value is -3.75. The molecule has 0 aliphatic rings. The average Bonchev–Trinajstić information content (AvgIpc) is 3.03. The highest BCUT2D eigenvalue weighted by Crippen LogP contribution is 2.29. The first kappa shape index (κ1) is 17.1. The molecule has 0 unspecified atom stereocenters. The van der Waals surface area contributed by atoms with Crippen LogP contribution in [0.5, 0.6) is 5.75 Å². The monoisotopic (exact) mass is 353 g/mol. The van der Waals surface area contributed by atoms with Crippen molar-refractivity contribution in [2.45, 2.75) is 6.92 Å². The molecule has 0 bridgehead atoms. The predicted octanol–water partition coefficient (Wildman–Crippen LogP) is 2.74. The van der Waals surface area contributed by atoms with Gasteiger partial charge in [0.2, 0.25) is 0 Å². The molecule has 0 radical (unpaired) electrons. The third kappa shape index (κ3) is 3.22. The van der Waals surface area contributed by atoms with Gasteiger partial charge in [0.15, 0.2) is 5.82 Å². The normalized spacial score (nSPS) is 10.4. The molecule has 2 aromatic heterocycles. The van der Waals surface area contributed by atoms with E-state index < -0.39 is 10.8 Å². The number of anilines is 1. The zero-order valence-corrected chi connectivity index (χ0v) is 14.0. The van der Waals surface area contributed by atoms with Crippen molar-refractivity contribution in [1.29, 1.82) is 0 Å². The Morgan fingerprint density at radius 3 is 2.77 bits per heavy atom. The SMILES string of the molecule is COc1ccc([N+](=O)[O-])cc1NC(=O)c1cnn(-c2ccccn2)c1C. The zero-order valence-electron chi connectivity index (χ0n) is 14.0. The Kier molecular flexibility index (Phi) is 4.61. The van der Waals surface area contributed by atoms with Crippen LogP contribution in [-0.2, 0) is 0 Å². The third-order valence-electron chi connectivity index (χ3n) is 3.76. The van der Waals surface area contributed by atoms with Crippen LogP contribution in [0.1, 0.15) is 16.1 Å². The summed E-state index contributed by atoms with van der Waals surface area (Å²) in [5.41, 5.74) is 0.966. The van der Waals surface area contributed by atoms with Crippen molar-refractivity contribution in [1.82, 2.24) is 14.8 Å². The van der Waals surface area contributed by atoms with Crippen LogP contribution in [-0.4, -0.2) is 32.7 Å². The van der Waals surface area contributed by atoms with Crippen LogP contribution < -0.4 is 10.1 Å². The van der Waals surface area contributed by atoms with Gasteiger partial charge in [-0.3, -0.25) is 14.9 Å². The number of methoxy groups -OCH3 is 1. The van der Waals surface area contributed by atoms with Gasteiger partial charge in [-0.1, -0.05) is 6.07 Å². The summed E-state index contributed by atoms with van der Waals surface area (Å²) in [5.74, 6) is 0.444.